The van der Waals surface area contributed by atoms with Crippen molar-refractivity contribution in [3.8, 4) is 0 Å². The molecule has 17 heavy (non-hydrogen) atoms. The zero-order valence-electron chi connectivity index (χ0n) is 11.4. The van der Waals surface area contributed by atoms with Gasteiger partial charge in [-0.15, -0.1) is 0 Å². The average Bonchev–Trinajstić information content (AvgIpc) is 2.68. The Morgan fingerprint density at radius 1 is 1.12 bits per heavy atom. The van der Waals surface area contributed by atoms with Gasteiger partial charge in [-0.1, -0.05) is 43.4 Å². The van der Waals surface area contributed by atoms with E-state index in [1.54, 1.807) is 0 Å². The predicted molar refractivity (Wildman–Crippen MR) is 74.2 cm³/mol. The summed E-state index contributed by atoms with van der Waals surface area (Å²) in [5.74, 6) is 0.866. The highest BCUT2D eigenvalue weighted by Gasteiger charge is 2.20. The van der Waals surface area contributed by atoms with E-state index in [0.717, 1.165) is 5.92 Å². The molecule has 1 aliphatic carbocycles. The average molecular weight is 231 g/mol. The second-order valence-corrected chi connectivity index (χ2v) is 5.81. The van der Waals surface area contributed by atoms with Crippen LogP contribution in [-0.4, -0.2) is 0 Å². The molecule has 0 bridgehead atoms. The van der Waals surface area contributed by atoms with Crippen LogP contribution in [0.1, 0.15) is 60.4 Å². The van der Waals surface area contributed by atoms with Gasteiger partial charge in [0.15, 0.2) is 0 Å². The molecule has 0 saturated heterocycles. The lowest BCUT2D eigenvalue weighted by molar-refractivity contribution is 0.449. The van der Waals surface area contributed by atoms with E-state index in [-0.39, 0.29) is 6.04 Å². The SMILES string of the molecule is Cc1cc(C)c(C(N)CC2CCCC2)c(C)c1. The van der Waals surface area contributed by atoms with Crippen molar-refractivity contribution in [3.63, 3.8) is 0 Å². The van der Waals surface area contributed by atoms with Gasteiger partial charge in [0, 0.05) is 6.04 Å². The van der Waals surface area contributed by atoms with Crippen LogP contribution in [0.5, 0.6) is 0 Å². The van der Waals surface area contributed by atoms with Crippen LogP contribution in [0, 0.1) is 26.7 Å². The molecular formula is C16H25N. The lowest BCUT2D eigenvalue weighted by Gasteiger charge is -2.21. The summed E-state index contributed by atoms with van der Waals surface area (Å²) in [6, 6.07) is 4.76. The third-order valence-electron chi connectivity index (χ3n) is 4.17. The molecule has 94 valence electrons. The van der Waals surface area contributed by atoms with Gasteiger partial charge >= 0.3 is 0 Å². The molecule has 0 heterocycles. The molecule has 2 N–H and O–H groups in total. The van der Waals surface area contributed by atoms with Crippen LogP contribution in [0.15, 0.2) is 12.1 Å². The number of rotatable bonds is 3. The van der Waals surface area contributed by atoms with E-state index in [0.29, 0.717) is 0 Å². The molecule has 0 radical (unpaired) electrons. The van der Waals surface area contributed by atoms with Crippen LogP contribution >= 0.6 is 0 Å². The quantitative estimate of drug-likeness (QED) is 0.829. The molecule has 1 saturated carbocycles. The summed E-state index contributed by atoms with van der Waals surface area (Å²) in [6.45, 7) is 6.56. The van der Waals surface area contributed by atoms with Gasteiger partial charge in [-0.3, -0.25) is 0 Å². The van der Waals surface area contributed by atoms with Crippen LogP contribution in [0.25, 0.3) is 0 Å². The lowest BCUT2D eigenvalue weighted by Crippen LogP contribution is -2.16. The molecule has 1 aromatic carbocycles. The number of benzene rings is 1. The fourth-order valence-electron chi connectivity index (χ4n) is 3.50. The van der Waals surface area contributed by atoms with E-state index in [1.165, 1.54) is 54.4 Å². The zero-order valence-corrected chi connectivity index (χ0v) is 11.4. The summed E-state index contributed by atoms with van der Waals surface area (Å²) in [5.41, 5.74) is 11.9. The molecule has 2 rings (SSSR count). The number of nitrogens with two attached hydrogens (primary N) is 1. The highest BCUT2D eigenvalue weighted by Crippen LogP contribution is 2.34. The number of hydrogen-bond donors (Lipinski definition) is 1. The van der Waals surface area contributed by atoms with Crippen molar-refractivity contribution < 1.29 is 0 Å². The van der Waals surface area contributed by atoms with Crippen LogP contribution in [0.3, 0.4) is 0 Å². The third kappa shape index (κ3) is 2.90. The first-order chi connectivity index (χ1) is 8.08. The van der Waals surface area contributed by atoms with Gasteiger partial charge in [-0.05, 0) is 49.8 Å². The van der Waals surface area contributed by atoms with Gasteiger partial charge in [0.25, 0.3) is 0 Å². The second kappa shape index (κ2) is 5.22. The summed E-state index contributed by atoms with van der Waals surface area (Å²) in [4.78, 5) is 0. The van der Waals surface area contributed by atoms with E-state index in [1.807, 2.05) is 0 Å². The number of hydrogen-bond acceptors (Lipinski definition) is 1. The van der Waals surface area contributed by atoms with E-state index >= 15 is 0 Å². The smallest absolute Gasteiger partial charge is 0.0302 e. The molecule has 0 spiro atoms. The summed E-state index contributed by atoms with van der Waals surface area (Å²) < 4.78 is 0. The minimum absolute atomic E-state index is 0.235. The molecule has 0 aliphatic heterocycles. The van der Waals surface area contributed by atoms with Gasteiger partial charge in [0.05, 0.1) is 0 Å². The molecule has 1 heteroatoms. The molecule has 1 nitrogen and oxygen atoms in total. The summed E-state index contributed by atoms with van der Waals surface area (Å²) in [7, 11) is 0. The molecule has 0 amide bonds. The fourth-order valence-corrected chi connectivity index (χ4v) is 3.50. The zero-order chi connectivity index (χ0) is 12.4. The molecule has 1 aliphatic rings. The summed E-state index contributed by atoms with van der Waals surface area (Å²) in [6.07, 6.45) is 6.76. The first-order valence-electron chi connectivity index (χ1n) is 6.91. The molecule has 1 atom stereocenters. The van der Waals surface area contributed by atoms with Crippen molar-refractivity contribution in [2.75, 3.05) is 0 Å². The fraction of sp³-hybridized carbons (Fsp3) is 0.625. The summed E-state index contributed by atoms with van der Waals surface area (Å²) >= 11 is 0. The summed E-state index contributed by atoms with van der Waals surface area (Å²) in [5, 5.41) is 0. The van der Waals surface area contributed by atoms with Gasteiger partial charge < -0.3 is 5.73 Å². The second-order valence-electron chi connectivity index (χ2n) is 5.81. The maximum Gasteiger partial charge on any atom is 0.0302 e. The monoisotopic (exact) mass is 231 g/mol. The van der Waals surface area contributed by atoms with E-state index in [4.69, 9.17) is 5.73 Å². The molecule has 1 aromatic rings. The molecule has 0 aromatic heterocycles. The van der Waals surface area contributed by atoms with Gasteiger partial charge in [-0.25, -0.2) is 0 Å². The molecular weight excluding hydrogens is 206 g/mol. The van der Waals surface area contributed by atoms with E-state index < -0.39 is 0 Å². The predicted octanol–water partition coefficient (Wildman–Crippen LogP) is 4.19. The third-order valence-corrected chi connectivity index (χ3v) is 4.17. The standard InChI is InChI=1S/C16H25N/c1-11-8-12(2)16(13(3)9-11)15(17)10-14-6-4-5-7-14/h8-9,14-15H,4-7,10,17H2,1-3H3. The van der Waals surface area contributed by atoms with Crippen molar-refractivity contribution >= 4 is 0 Å². The van der Waals surface area contributed by atoms with Gasteiger partial charge in [-0.2, -0.15) is 0 Å². The van der Waals surface area contributed by atoms with Gasteiger partial charge in [0.2, 0.25) is 0 Å². The van der Waals surface area contributed by atoms with Gasteiger partial charge in [0.1, 0.15) is 0 Å². The lowest BCUT2D eigenvalue weighted by atomic mass is 9.88. The largest absolute Gasteiger partial charge is 0.324 e. The van der Waals surface area contributed by atoms with Crippen LogP contribution in [-0.2, 0) is 0 Å². The van der Waals surface area contributed by atoms with Crippen molar-refractivity contribution in [2.45, 2.75) is 58.9 Å². The molecule has 1 unspecified atom stereocenters. The first-order valence-corrected chi connectivity index (χ1v) is 6.91. The highest BCUT2D eigenvalue weighted by atomic mass is 14.6. The maximum atomic E-state index is 6.43. The minimum Gasteiger partial charge on any atom is -0.324 e. The molecule has 1 fully saturated rings. The minimum atomic E-state index is 0.235. The van der Waals surface area contributed by atoms with E-state index in [2.05, 4.69) is 32.9 Å². The van der Waals surface area contributed by atoms with Crippen molar-refractivity contribution in [3.05, 3.63) is 34.4 Å². The normalized spacial score (nSPS) is 18.6. The van der Waals surface area contributed by atoms with Crippen LogP contribution in [0.2, 0.25) is 0 Å². The Labute approximate surface area is 105 Å². The Morgan fingerprint density at radius 2 is 1.65 bits per heavy atom. The number of aryl methyl sites for hydroxylation is 3. The topological polar surface area (TPSA) is 26.0 Å². The van der Waals surface area contributed by atoms with Crippen LogP contribution in [0.4, 0.5) is 0 Å². The first kappa shape index (κ1) is 12.6. The Hall–Kier alpha value is -0.820. The van der Waals surface area contributed by atoms with Crippen molar-refractivity contribution in [2.24, 2.45) is 11.7 Å². The Kier molecular flexibility index (Phi) is 3.88. The highest BCUT2D eigenvalue weighted by molar-refractivity contribution is 5.39. The van der Waals surface area contributed by atoms with Crippen LogP contribution < -0.4 is 5.73 Å². The van der Waals surface area contributed by atoms with Crippen molar-refractivity contribution in [1.29, 1.82) is 0 Å². The Morgan fingerprint density at radius 3 is 2.18 bits per heavy atom. The van der Waals surface area contributed by atoms with Crippen molar-refractivity contribution in [1.82, 2.24) is 0 Å². The Balaban J connectivity index is 2.15. The Bertz CT molecular complexity index is 366. The van der Waals surface area contributed by atoms with E-state index in [9.17, 15) is 0 Å². The maximum absolute atomic E-state index is 6.43.